The second-order valence-electron chi connectivity index (χ2n) is 5.29. The highest BCUT2D eigenvalue weighted by atomic mass is 32.2. The van der Waals surface area contributed by atoms with Crippen molar-refractivity contribution in [2.24, 2.45) is 0 Å². The smallest absolute Gasteiger partial charge is 0.209 e. The number of aromatic amines is 1. The molecule has 0 bridgehead atoms. The number of nitrogens with one attached hydrogen (secondary N) is 1. The Hall–Kier alpha value is -1.73. The predicted molar refractivity (Wildman–Crippen MR) is 80.1 cm³/mol. The third kappa shape index (κ3) is 3.39. The summed E-state index contributed by atoms with van der Waals surface area (Å²) < 4.78 is 0. The van der Waals surface area contributed by atoms with Crippen molar-refractivity contribution in [3.63, 3.8) is 0 Å². The van der Waals surface area contributed by atoms with Crippen LogP contribution in [0.3, 0.4) is 0 Å². The van der Waals surface area contributed by atoms with Crippen molar-refractivity contribution in [3.05, 3.63) is 29.8 Å². The first-order valence-electron chi connectivity index (χ1n) is 6.10. The molecular weight excluding hydrogens is 254 g/mol. The lowest BCUT2D eigenvalue weighted by Crippen LogP contribution is -2.10. The van der Waals surface area contributed by atoms with Gasteiger partial charge in [0.1, 0.15) is 0 Å². The van der Waals surface area contributed by atoms with Gasteiger partial charge in [0.25, 0.3) is 0 Å². The molecule has 0 saturated heterocycles. The number of rotatable bonds is 3. The van der Waals surface area contributed by atoms with Gasteiger partial charge in [-0.05, 0) is 11.0 Å². The highest BCUT2D eigenvalue weighted by molar-refractivity contribution is 7.99. The monoisotopic (exact) mass is 271 g/mol. The number of nitrogens with zero attached hydrogens (tertiary/aromatic N) is 2. The van der Waals surface area contributed by atoms with E-state index in [2.05, 4.69) is 66.1 Å². The molecule has 1 aromatic carbocycles. The first kappa shape index (κ1) is 13.7. The summed E-state index contributed by atoms with van der Waals surface area (Å²) in [5.74, 6) is 3.92. The van der Waals surface area contributed by atoms with Crippen molar-refractivity contribution in [1.29, 1.82) is 0 Å². The predicted octanol–water partition coefficient (Wildman–Crippen LogP) is 3.49. The van der Waals surface area contributed by atoms with Crippen LogP contribution in [0.2, 0.25) is 0 Å². The van der Waals surface area contributed by atoms with E-state index in [1.807, 2.05) is 0 Å². The maximum atomic E-state index is 5.22. The second-order valence-corrected chi connectivity index (χ2v) is 6.23. The summed E-state index contributed by atoms with van der Waals surface area (Å²) in [6.07, 6.45) is 5.22. The molecule has 4 heteroatoms. The Bertz CT molecular complexity index is 585. The molecule has 0 fully saturated rings. The summed E-state index contributed by atoms with van der Waals surface area (Å²) in [7, 11) is 0. The Morgan fingerprint density at radius 3 is 2.53 bits per heavy atom. The first-order valence-corrected chi connectivity index (χ1v) is 7.09. The molecule has 1 N–H and O–H groups in total. The van der Waals surface area contributed by atoms with E-state index < -0.39 is 0 Å². The van der Waals surface area contributed by atoms with Gasteiger partial charge in [-0.2, -0.15) is 0 Å². The SMILES string of the molecule is C#CCSc1n[nH]c(-c2ccc(C(C)(C)C)cc2)n1. The molecule has 0 aliphatic rings. The van der Waals surface area contributed by atoms with Gasteiger partial charge < -0.3 is 0 Å². The van der Waals surface area contributed by atoms with E-state index >= 15 is 0 Å². The molecule has 2 aromatic rings. The van der Waals surface area contributed by atoms with Crippen LogP contribution >= 0.6 is 11.8 Å². The molecule has 0 spiro atoms. The Balaban J connectivity index is 2.18. The first-order chi connectivity index (χ1) is 9.00. The maximum absolute atomic E-state index is 5.22. The average Bonchev–Trinajstić information content (AvgIpc) is 2.84. The molecule has 0 radical (unpaired) electrons. The van der Waals surface area contributed by atoms with Crippen LogP contribution in [0.4, 0.5) is 0 Å². The Morgan fingerprint density at radius 1 is 1.26 bits per heavy atom. The van der Waals surface area contributed by atoms with Gasteiger partial charge in [0, 0.05) is 5.56 Å². The quantitative estimate of drug-likeness (QED) is 0.686. The van der Waals surface area contributed by atoms with Crippen molar-refractivity contribution < 1.29 is 0 Å². The molecule has 3 nitrogen and oxygen atoms in total. The molecule has 19 heavy (non-hydrogen) atoms. The number of thioether (sulfide) groups is 1. The van der Waals surface area contributed by atoms with Gasteiger partial charge in [-0.3, -0.25) is 5.10 Å². The van der Waals surface area contributed by atoms with Crippen LogP contribution in [-0.2, 0) is 5.41 Å². The lowest BCUT2D eigenvalue weighted by atomic mass is 9.87. The molecular formula is C15H17N3S. The van der Waals surface area contributed by atoms with Crippen LogP contribution < -0.4 is 0 Å². The molecule has 0 saturated carbocycles. The lowest BCUT2D eigenvalue weighted by Gasteiger charge is -2.18. The van der Waals surface area contributed by atoms with Crippen molar-refractivity contribution in [3.8, 4) is 23.7 Å². The molecule has 0 atom stereocenters. The van der Waals surface area contributed by atoms with E-state index in [1.54, 1.807) is 0 Å². The number of aromatic nitrogens is 3. The van der Waals surface area contributed by atoms with Crippen molar-refractivity contribution in [2.45, 2.75) is 31.3 Å². The Kier molecular flexibility index (Phi) is 3.96. The fraction of sp³-hybridized carbons (Fsp3) is 0.333. The maximum Gasteiger partial charge on any atom is 0.209 e. The zero-order valence-electron chi connectivity index (χ0n) is 11.4. The van der Waals surface area contributed by atoms with Crippen molar-refractivity contribution >= 4 is 11.8 Å². The summed E-state index contributed by atoms with van der Waals surface area (Å²) in [5, 5.41) is 7.76. The van der Waals surface area contributed by atoms with E-state index in [0.717, 1.165) is 11.4 Å². The fourth-order valence-corrected chi connectivity index (χ4v) is 2.15. The van der Waals surface area contributed by atoms with E-state index in [1.165, 1.54) is 17.3 Å². The normalized spacial score (nSPS) is 11.3. The minimum absolute atomic E-state index is 0.160. The van der Waals surface area contributed by atoms with E-state index in [4.69, 9.17) is 6.42 Å². The zero-order chi connectivity index (χ0) is 13.9. The second kappa shape index (κ2) is 5.50. The minimum Gasteiger partial charge on any atom is -0.258 e. The van der Waals surface area contributed by atoms with Gasteiger partial charge in [-0.1, -0.05) is 62.7 Å². The van der Waals surface area contributed by atoms with Gasteiger partial charge in [-0.25, -0.2) is 4.98 Å². The minimum atomic E-state index is 0.160. The van der Waals surface area contributed by atoms with Crippen molar-refractivity contribution in [1.82, 2.24) is 15.2 Å². The average molecular weight is 271 g/mol. The van der Waals surface area contributed by atoms with Crippen LogP contribution in [0.1, 0.15) is 26.3 Å². The number of hydrogen-bond acceptors (Lipinski definition) is 3. The van der Waals surface area contributed by atoms with E-state index in [9.17, 15) is 0 Å². The highest BCUT2D eigenvalue weighted by Crippen LogP contribution is 2.25. The standard InChI is InChI=1S/C15H17N3S/c1-5-10-19-14-16-13(17-18-14)11-6-8-12(9-7-11)15(2,3)4/h1,6-9H,10H2,2-4H3,(H,16,17,18). The largest absolute Gasteiger partial charge is 0.258 e. The summed E-state index contributed by atoms with van der Waals surface area (Å²) in [6.45, 7) is 6.60. The molecule has 98 valence electrons. The summed E-state index contributed by atoms with van der Waals surface area (Å²) in [5.41, 5.74) is 2.50. The number of H-pyrrole nitrogens is 1. The van der Waals surface area contributed by atoms with Gasteiger partial charge >= 0.3 is 0 Å². The van der Waals surface area contributed by atoms with Crippen LogP contribution in [-0.4, -0.2) is 20.9 Å². The van der Waals surface area contributed by atoms with Gasteiger partial charge in [-0.15, -0.1) is 11.5 Å². The Labute approximate surface area is 118 Å². The van der Waals surface area contributed by atoms with E-state index in [-0.39, 0.29) is 5.41 Å². The van der Waals surface area contributed by atoms with Gasteiger partial charge in [0.05, 0.1) is 5.75 Å². The molecule has 0 aliphatic heterocycles. The fourth-order valence-electron chi connectivity index (χ4n) is 1.67. The van der Waals surface area contributed by atoms with E-state index in [0.29, 0.717) is 10.9 Å². The van der Waals surface area contributed by atoms with Crippen LogP contribution in [0, 0.1) is 12.3 Å². The number of benzene rings is 1. The third-order valence-electron chi connectivity index (χ3n) is 2.77. The number of hydrogen-bond donors (Lipinski definition) is 1. The Morgan fingerprint density at radius 2 is 1.95 bits per heavy atom. The molecule has 0 amide bonds. The summed E-state index contributed by atoms with van der Waals surface area (Å²) in [4.78, 5) is 4.41. The van der Waals surface area contributed by atoms with Crippen LogP contribution in [0.5, 0.6) is 0 Å². The topological polar surface area (TPSA) is 41.6 Å². The van der Waals surface area contributed by atoms with Crippen LogP contribution in [0.25, 0.3) is 11.4 Å². The molecule has 2 rings (SSSR count). The molecule has 0 aliphatic carbocycles. The third-order valence-corrected chi connectivity index (χ3v) is 3.53. The summed E-state index contributed by atoms with van der Waals surface area (Å²) >= 11 is 1.45. The van der Waals surface area contributed by atoms with Gasteiger partial charge in [0.2, 0.25) is 5.16 Å². The summed E-state index contributed by atoms with van der Waals surface area (Å²) in [6, 6.07) is 8.39. The lowest BCUT2D eigenvalue weighted by molar-refractivity contribution is 0.590. The van der Waals surface area contributed by atoms with Gasteiger partial charge in [0.15, 0.2) is 5.82 Å². The molecule has 1 aromatic heterocycles. The number of terminal acetylenes is 1. The highest BCUT2D eigenvalue weighted by Gasteiger charge is 2.13. The van der Waals surface area contributed by atoms with Crippen LogP contribution in [0.15, 0.2) is 29.4 Å². The molecule has 0 unspecified atom stereocenters. The van der Waals surface area contributed by atoms with Crippen molar-refractivity contribution in [2.75, 3.05) is 5.75 Å². The molecule has 1 heterocycles. The zero-order valence-corrected chi connectivity index (χ0v) is 12.2.